The summed E-state index contributed by atoms with van der Waals surface area (Å²) in [6.07, 6.45) is 1.58. The first-order chi connectivity index (χ1) is 7.01. The van der Waals surface area contributed by atoms with E-state index in [0.717, 1.165) is 10.9 Å². The summed E-state index contributed by atoms with van der Waals surface area (Å²) in [5, 5.41) is 13.5. The van der Waals surface area contributed by atoms with Crippen LogP contribution < -0.4 is 0 Å². The van der Waals surface area contributed by atoms with Gasteiger partial charge in [0, 0.05) is 5.39 Å². The van der Waals surface area contributed by atoms with Crippen molar-refractivity contribution in [3.8, 4) is 0 Å². The van der Waals surface area contributed by atoms with E-state index >= 15 is 0 Å². The van der Waals surface area contributed by atoms with Gasteiger partial charge >= 0.3 is 5.97 Å². The number of hydrogen-bond acceptors (Lipinski definition) is 3. The van der Waals surface area contributed by atoms with Gasteiger partial charge in [0.05, 0.1) is 11.6 Å². The van der Waals surface area contributed by atoms with Gasteiger partial charge in [-0.25, -0.2) is 0 Å². The first-order valence-corrected chi connectivity index (χ1v) is 4.60. The third-order valence-electron chi connectivity index (χ3n) is 2.61. The summed E-state index contributed by atoms with van der Waals surface area (Å²) in [4.78, 5) is 11.1. The molecule has 1 aromatic carbocycles. The van der Waals surface area contributed by atoms with E-state index in [0.29, 0.717) is 5.58 Å². The average Bonchev–Trinajstić information content (AvgIpc) is 2.63. The molecule has 78 valence electrons. The molecular weight excluding hydrogens is 194 g/mol. The fourth-order valence-corrected chi connectivity index (χ4v) is 1.38. The summed E-state index contributed by atoms with van der Waals surface area (Å²) in [5.74, 6) is -0.849. The summed E-state index contributed by atoms with van der Waals surface area (Å²) >= 11 is 0. The standard InChI is InChI=1S/C11H11NO3/c1-11(2,10(13)14)8-3-4-9-7(5-8)6-12-15-9/h3-6H,1-2H3,(H,13,14). The van der Waals surface area contributed by atoms with Crippen molar-refractivity contribution in [2.75, 3.05) is 0 Å². The van der Waals surface area contributed by atoms with Crippen LogP contribution in [0.2, 0.25) is 0 Å². The van der Waals surface area contributed by atoms with Crippen LogP contribution in [0.5, 0.6) is 0 Å². The van der Waals surface area contributed by atoms with Gasteiger partial charge in [-0.15, -0.1) is 0 Å². The maximum Gasteiger partial charge on any atom is 0.313 e. The Hall–Kier alpha value is -1.84. The molecule has 0 aliphatic heterocycles. The van der Waals surface area contributed by atoms with Crippen LogP contribution in [0.15, 0.2) is 28.9 Å². The summed E-state index contributed by atoms with van der Waals surface area (Å²) in [6.45, 7) is 3.34. The van der Waals surface area contributed by atoms with Crippen molar-refractivity contribution < 1.29 is 14.4 Å². The highest BCUT2D eigenvalue weighted by molar-refractivity contribution is 5.84. The Morgan fingerprint density at radius 2 is 2.20 bits per heavy atom. The Balaban J connectivity index is 2.57. The van der Waals surface area contributed by atoms with Gasteiger partial charge in [-0.3, -0.25) is 4.79 Å². The van der Waals surface area contributed by atoms with Crippen molar-refractivity contribution in [2.24, 2.45) is 0 Å². The van der Waals surface area contributed by atoms with Crippen molar-refractivity contribution in [1.82, 2.24) is 5.16 Å². The lowest BCUT2D eigenvalue weighted by Gasteiger charge is -2.19. The molecule has 4 heteroatoms. The molecular formula is C11H11NO3. The highest BCUT2D eigenvalue weighted by Gasteiger charge is 2.29. The van der Waals surface area contributed by atoms with Crippen molar-refractivity contribution in [3.05, 3.63) is 30.0 Å². The predicted molar refractivity (Wildman–Crippen MR) is 54.7 cm³/mol. The van der Waals surface area contributed by atoms with Gasteiger partial charge in [-0.1, -0.05) is 11.2 Å². The third-order valence-corrected chi connectivity index (χ3v) is 2.61. The number of rotatable bonds is 2. The van der Waals surface area contributed by atoms with E-state index in [1.165, 1.54) is 0 Å². The molecule has 0 atom stereocenters. The summed E-state index contributed by atoms with van der Waals surface area (Å²) < 4.78 is 4.95. The maximum atomic E-state index is 11.1. The fourth-order valence-electron chi connectivity index (χ4n) is 1.38. The largest absolute Gasteiger partial charge is 0.481 e. The van der Waals surface area contributed by atoms with E-state index in [2.05, 4.69) is 5.16 Å². The minimum atomic E-state index is -0.897. The van der Waals surface area contributed by atoms with Crippen LogP contribution in [0.1, 0.15) is 19.4 Å². The van der Waals surface area contributed by atoms with Crippen molar-refractivity contribution in [2.45, 2.75) is 19.3 Å². The number of aromatic nitrogens is 1. The molecule has 2 aromatic rings. The zero-order valence-corrected chi connectivity index (χ0v) is 8.52. The molecule has 1 N–H and O–H groups in total. The molecule has 0 spiro atoms. The molecule has 0 amide bonds. The molecule has 0 fully saturated rings. The second kappa shape index (κ2) is 3.08. The molecule has 1 aromatic heterocycles. The average molecular weight is 205 g/mol. The molecule has 4 nitrogen and oxygen atoms in total. The maximum absolute atomic E-state index is 11.1. The van der Waals surface area contributed by atoms with E-state index in [1.54, 1.807) is 38.2 Å². The first kappa shape index (κ1) is 9.71. The minimum Gasteiger partial charge on any atom is -0.481 e. The normalized spacial score (nSPS) is 11.9. The number of carboxylic acid groups (broad SMARTS) is 1. The zero-order chi connectivity index (χ0) is 11.1. The highest BCUT2D eigenvalue weighted by atomic mass is 16.5. The van der Waals surface area contributed by atoms with E-state index in [1.807, 2.05) is 0 Å². The third kappa shape index (κ3) is 1.48. The Labute approximate surface area is 86.5 Å². The van der Waals surface area contributed by atoms with E-state index in [-0.39, 0.29) is 0 Å². The quantitative estimate of drug-likeness (QED) is 0.816. The molecule has 0 aliphatic carbocycles. The van der Waals surface area contributed by atoms with Gasteiger partial charge in [0.15, 0.2) is 5.58 Å². The van der Waals surface area contributed by atoms with Gasteiger partial charge in [-0.05, 0) is 31.5 Å². The molecule has 15 heavy (non-hydrogen) atoms. The fraction of sp³-hybridized carbons (Fsp3) is 0.273. The van der Waals surface area contributed by atoms with E-state index in [4.69, 9.17) is 9.63 Å². The number of hydrogen-bond donors (Lipinski definition) is 1. The Bertz CT molecular complexity index is 513. The lowest BCUT2D eigenvalue weighted by molar-refractivity contribution is -0.142. The summed E-state index contributed by atoms with van der Waals surface area (Å²) in [7, 11) is 0. The summed E-state index contributed by atoms with van der Waals surface area (Å²) in [5.41, 5.74) is 0.511. The van der Waals surface area contributed by atoms with Crippen LogP contribution in [0.25, 0.3) is 11.0 Å². The first-order valence-electron chi connectivity index (χ1n) is 4.60. The second-order valence-corrected chi connectivity index (χ2v) is 4.01. The van der Waals surface area contributed by atoms with Gasteiger partial charge < -0.3 is 9.63 Å². The van der Waals surface area contributed by atoms with Gasteiger partial charge in [0.1, 0.15) is 0 Å². The van der Waals surface area contributed by atoms with E-state index < -0.39 is 11.4 Å². The molecule has 0 unspecified atom stereocenters. The van der Waals surface area contributed by atoms with Crippen LogP contribution in [0.4, 0.5) is 0 Å². The van der Waals surface area contributed by atoms with Gasteiger partial charge in [0.25, 0.3) is 0 Å². The molecule has 0 bridgehead atoms. The number of benzene rings is 1. The van der Waals surface area contributed by atoms with Crippen molar-refractivity contribution >= 4 is 16.9 Å². The molecule has 1 heterocycles. The molecule has 0 aliphatic rings. The predicted octanol–water partition coefficient (Wildman–Crippen LogP) is 2.19. The number of nitrogens with zero attached hydrogens (tertiary/aromatic N) is 1. The van der Waals surface area contributed by atoms with Crippen LogP contribution in [-0.2, 0) is 10.2 Å². The van der Waals surface area contributed by atoms with Crippen LogP contribution in [0.3, 0.4) is 0 Å². The second-order valence-electron chi connectivity index (χ2n) is 4.01. The van der Waals surface area contributed by atoms with Gasteiger partial charge in [-0.2, -0.15) is 0 Å². The molecule has 0 saturated heterocycles. The van der Waals surface area contributed by atoms with Crippen molar-refractivity contribution in [3.63, 3.8) is 0 Å². The topological polar surface area (TPSA) is 63.3 Å². The molecule has 2 rings (SSSR count). The summed E-state index contributed by atoms with van der Waals surface area (Å²) in [6, 6.07) is 5.28. The zero-order valence-electron chi connectivity index (χ0n) is 8.52. The monoisotopic (exact) mass is 205 g/mol. The SMILES string of the molecule is CC(C)(C(=O)O)c1ccc2oncc2c1. The number of carbonyl (C=O) groups is 1. The Kier molecular flexibility index (Phi) is 2.00. The van der Waals surface area contributed by atoms with Crippen molar-refractivity contribution in [1.29, 1.82) is 0 Å². The number of aliphatic carboxylic acids is 1. The Morgan fingerprint density at radius 3 is 2.87 bits per heavy atom. The number of carboxylic acids is 1. The lowest BCUT2D eigenvalue weighted by atomic mass is 9.84. The number of fused-ring (bicyclic) bond motifs is 1. The van der Waals surface area contributed by atoms with Crippen LogP contribution >= 0.6 is 0 Å². The lowest BCUT2D eigenvalue weighted by Crippen LogP contribution is -2.28. The van der Waals surface area contributed by atoms with Crippen LogP contribution in [0, 0.1) is 0 Å². The smallest absolute Gasteiger partial charge is 0.313 e. The molecule has 0 radical (unpaired) electrons. The Morgan fingerprint density at radius 1 is 1.47 bits per heavy atom. The minimum absolute atomic E-state index is 0.667. The van der Waals surface area contributed by atoms with Gasteiger partial charge in [0.2, 0.25) is 0 Å². The highest BCUT2D eigenvalue weighted by Crippen LogP contribution is 2.26. The molecule has 0 saturated carbocycles. The van der Waals surface area contributed by atoms with Crippen LogP contribution in [-0.4, -0.2) is 16.2 Å². The van der Waals surface area contributed by atoms with E-state index in [9.17, 15) is 4.79 Å².